The van der Waals surface area contributed by atoms with Gasteiger partial charge in [-0.25, -0.2) is 0 Å². The molecule has 1 aromatic carbocycles. The van der Waals surface area contributed by atoms with Crippen LogP contribution in [-0.4, -0.2) is 33.2 Å². The van der Waals surface area contributed by atoms with Crippen molar-refractivity contribution in [2.75, 3.05) is 0 Å². The molecule has 4 atom stereocenters. The van der Waals surface area contributed by atoms with E-state index in [2.05, 4.69) is 6.58 Å². The van der Waals surface area contributed by atoms with E-state index < -0.39 is 29.4 Å². The van der Waals surface area contributed by atoms with Gasteiger partial charge in [-0.2, -0.15) is 0 Å². The van der Waals surface area contributed by atoms with Gasteiger partial charge in [0.25, 0.3) is 5.54 Å². The predicted octanol–water partition coefficient (Wildman–Crippen LogP) is 2.10. The molecule has 1 aromatic rings. The standard InChI is InChI=1S/C18H16N2O4/c1-9(2)13(17(22)23)18-15(21)12-14(20(18)19)11(24-16(12)18)8-10-6-4-3-5-7-10/h3-7,12-13,16H,1,8H2,2H3,(H,22,23)/t12-,13-,16-,18?/m0/s1. The van der Waals surface area contributed by atoms with Crippen LogP contribution in [0.4, 0.5) is 0 Å². The van der Waals surface area contributed by atoms with Gasteiger partial charge in [0.2, 0.25) is 11.5 Å². The van der Waals surface area contributed by atoms with Crippen LogP contribution in [0.15, 0.2) is 53.9 Å². The number of hydrogen-bond donors (Lipinski definition) is 1. The molecule has 0 radical (unpaired) electrons. The van der Waals surface area contributed by atoms with E-state index in [1.807, 2.05) is 30.3 Å². The molecule has 3 aliphatic heterocycles. The van der Waals surface area contributed by atoms with Gasteiger partial charge in [-0.1, -0.05) is 42.5 Å². The zero-order valence-corrected chi connectivity index (χ0v) is 13.1. The van der Waals surface area contributed by atoms with Crippen LogP contribution in [0.5, 0.6) is 0 Å². The molecule has 1 unspecified atom stereocenters. The Labute approximate surface area is 138 Å². The van der Waals surface area contributed by atoms with Crippen molar-refractivity contribution in [3.63, 3.8) is 0 Å². The zero-order valence-electron chi connectivity index (χ0n) is 13.1. The third-order valence-corrected chi connectivity index (χ3v) is 5.23. The van der Waals surface area contributed by atoms with Gasteiger partial charge in [-0.05, 0) is 12.5 Å². The molecule has 2 saturated heterocycles. The molecule has 4 aliphatic rings. The minimum atomic E-state index is -1.57. The molecule has 24 heavy (non-hydrogen) atoms. The van der Waals surface area contributed by atoms with Crippen LogP contribution in [-0.2, 0) is 20.7 Å². The highest BCUT2D eigenvalue weighted by Crippen LogP contribution is 2.62. The Hall–Kier alpha value is -2.76. The zero-order chi connectivity index (χ0) is 17.2. The fraction of sp³-hybridized carbons (Fsp3) is 0.333. The highest BCUT2D eigenvalue weighted by atomic mass is 16.5. The maximum atomic E-state index is 12.6. The Kier molecular flexibility index (Phi) is 2.85. The second kappa shape index (κ2) is 4.63. The molecule has 5 rings (SSSR count). The van der Waals surface area contributed by atoms with Crippen LogP contribution in [0.1, 0.15) is 12.5 Å². The number of nitrogens with zero attached hydrogens (tertiary/aromatic N) is 2. The Balaban J connectivity index is 1.75. The Bertz CT molecular complexity index is 828. The van der Waals surface area contributed by atoms with Gasteiger partial charge in [-0.15, -0.1) is 0 Å². The molecule has 6 nitrogen and oxygen atoms in total. The average molecular weight is 324 g/mol. The third-order valence-electron chi connectivity index (χ3n) is 5.23. The lowest BCUT2D eigenvalue weighted by atomic mass is 9.61. The summed E-state index contributed by atoms with van der Waals surface area (Å²) in [5.74, 6) is -2.73. The number of benzene rings is 1. The molecule has 3 heterocycles. The number of allylic oxidation sites excluding steroid dienone is 1. The number of carboxylic acids is 1. The number of ketones is 1. The normalized spacial score (nSPS) is 30.9. The van der Waals surface area contributed by atoms with Crippen molar-refractivity contribution in [3.05, 3.63) is 65.0 Å². The molecule has 4 bridgehead atoms. The van der Waals surface area contributed by atoms with Crippen molar-refractivity contribution in [2.24, 2.45) is 11.8 Å². The number of carbonyl (C=O) groups is 2. The van der Waals surface area contributed by atoms with Crippen LogP contribution in [0, 0.1) is 11.8 Å². The Morgan fingerprint density at radius 2 is 2.12 bits per heavy atom. The van der Waals surface area contributed by atoms with Gasteiger partial charge >= 0.3 is 5.97 Å². The molecule has 1 saturated carbocycles. The van der Waals surface area contributed by atoms with Gasteiger partial charge in [-0.3, -0.25) is 14.3 Å². The number of hydrogen-bond acceptors (Lipinski definition) is 3. The van der Waals surface area contributed by atoms with Crippen LogP contribution in [0.25, 0.3) is 5.53 Å². The summed E-state index contributed by atoms with van der Waals surface area (Å²) in [4.78, 5) is 24.3. The van der Waals surface area contributed by atoms with E-state index in [9.17, 15) is 20.2 Å². The molecule has 0 spiro atoms. The first-order valence-corrected chi connectivity index (χ1v) is 7.76. The number of Topliss-reactive ketones (excluding diaryl/α,β-unsaturated/α-hetero) is 1. The second-order valence-electron chi connectivity index (χ2n) is 6.61. The fourth-order valence-electron chi connectivity index (χ4n) is 4.29. The van der Waals surface area contributed by atoms with Gasteiger partial charge in [0, 0.05) is 6.42 Å². The van der Waals surface area contributed by atoms with Gasteiger partial charge < -0.3 is 15.4 Å². The lowest BCUT2D eigenvalue weighted by Crippen LogP contribution is -2.69. The van der Waals surface area contributed by atoms with Crippen molar-refractivity contribution in [3.8, 4) is 0 Å². The lowest BCUT2D eigenvalue weighted by molar-refractivity contribution is -0.569. The van der Waals surface area contributed by atoms with Gasteiger partial charge in [0.05, 0.1) is 0 Å². The van der Waals surface area contributed by atoms with Crippen LogP contribution >= 0.6 is 0 Å². The summed E-state index contributed by atoms with van der Waals surface area (Å²) in [7, 11) is 0. The van der Waals surface area contributed by atoms with Crippen molar-refractivity contribution in [2.45, 2.75) is 25.0 Å². The summed E-state index contributed by atoms with van der Waals surface area (Å²) >= 11 is 0. The lowest BCUT2D eigenvalue weighted by Gasteiger charge is -2.42. The second-order valence-corrected chi connectivity index (χ2v) is 6.61. The molecule has 1 aliphatic carbocycles. The number of ether oxygens (including phenoxy) is 1. The SMILES string of the molecule is C=C(C)[C@@H](C(=O)O)C12C(=O)[C@@H]3C(=C(Cc4ccccc4)O[C@@H]31)[N+]2=[N-]. The number of rotatable bonds is 5. The highest BCUT2D eigenvalue weighted by Gasteiger charge is 2.87. The average Bonchev–Trinajstić information content (AvgIpc) is 3.06. The monoisotopic (exact) mass is 324 g/mol. The van der Waals surface area contributed by atoms with Crippen LogP contribution in [0.3, 0.4) is 0 Å². The van der Waals surface area contributed by atoms with E-state index in [0.29, 0.717) is 23.5 Å². The summed E-state index contributed by atoms with van der Waals surface area (Å²) in [6.07, 6.45) is -0.212. The van der Waals surface area contributed by atoms with Crippen molar-refractivity contribution >= 4 is 11.8 Å². The van der Waals surface area contributed by atoms with Crippen molar-refractivity contribution in [1.29, 1.82) is 0 Å². The third kappa shape index (κ3) is 1.50. The molecule has 0 amide bonds. The van der Waals surface area contributed by atoms with Crippen LogP contribution in [0.2, 0.25) is 0 Å². The summed E-state index contributed by atoms with van der Waals surface area (Å²) in [6.45, 7) is 5.24. The van der Waals surface area contributed by atoms with Crippen LogP contribution < -0.4 is 0 Å². The van der Waals surface area contributed by atoms with Crippen molar-refractivity contribution in [1.82, 2.24) is 0 Å². The Morgan fingerprint density at radius 3 is 2.67 bits per heavy atom. The maximum absolute atomic E-state index is 12.6. The number of carboxylic acid groups (broad SMARTS) is 1. The largest absolute Gasteiger partial charge is 0.499 e. The topological polar surface area (TPSA) is 88.9 Å². The maximum Gasteiger partial charge on any atom is 0.318 e. The molecule has 122 valence electrons. The van der Waals surface area contributed by atoms with E-state index >= 15 is 0 Å². The van der Waals surface area contributed by atoms with E-state index in [1.165, 1.54) is 0 Å². The summed E-state index contributed by atoms with van der Waals surface area (Å²) in [5, 5.41) is 9.54. The summed E-state index contributed by atoms with van der Waals surface area (Å²) in [5.41, 5.74) is 10.8. The molecular formula is C18H16N2O4. The number of carbonyl (C=O) groups excluding carboxylic acids is 1. The van der Waals surface area contributed by atoms with Gasteiger partial charge in [0.1, 0.15) is 0 Å². The smallest absolute Gasteiger partial charge is 0.318 e. The minimum Gasteiger partial charge on any atom is -0.499 e. The quantitative estimate of drug-likeness (QED) is 0.663. The first kappa shape index (κ1) is 14.8. The molecule has 0 aromatic heterocycles. The van der Waals surface area contributed by atoms with E-state index in [4.69, 9.17) is 4.74 Å². The Morgan fingerprint density at radius 1 is 1.46 bits per heavy atom. The number of aliphatic carboxylic acids is 1. The molecule has 6 heteroatoms. The van der Waals surface area contributed by atoms with Crippen molar-refractivity contribution < 1.29 is 24.1 Å². The molecule has 3 fully saturated rings. The van der Waals surface area contributed by atoms with E-state index in [1.54, 1.807) is 6.92 Å². The summed E-state index contributed by atoms with van der Waals surface area (Å²) < 4.78 is 6.75. The predicted molar refractivity (Wildman–Crippen MR) is 82.8 cm³/mol. The fourth-order valence-corrected chi connectivity index (χ4v) is 4.29. The van der Waals surface area contributed by atoms with Gasteiger partial charge in [0.15, 0.2) is 23.7 Å². The van der Waals surface area contributed by atoms with E-state index in [0.717, 1.165) is 10.3 Å². The molecule has 1 N–H and O–H groups in total. The minimum absolute atomic E-state index is 0.302. The summed E-state index contributed by atoms with van der Waals surface area (Å²) in [6, 6.07) is 9.57. The van der Waals surface area contributed by atoms with E-state index in [-0.39, 0.29) is 5.78 Å². The molecular weight excluding hydrogens is 308 g/mol. The first-order valence-electron chi connectivity index (χ1n) is 7.76. The highest BCUT2D eigenvalue weighted by molar-refractivity contribution is 6.06. The first-order chi connectivity index (χ1) is 11.4.